The summed E-state index contributed by atoms with van der Waals surface area (Å²) in [5, 5.41) is 6.80. The number of hydrogen-bond donors (Lipinski definition) is 1. The lowest BCUT2D eigenvalue weighted by atomic mass is 10.2. The van der Waals surface area contributed by atoms with E-state index in [2.05, 4.69) is 30.3 Å². The van der Waals surface area contributed by atoms with Crippen LogP contribution in [0, 0.1) is 0 Å². The molecule has 0 atom stereocenters. The number of nitrogens with zero attached hydrogens (tertiary/aromatic N) is 1. The highest BCUT2D eigenvalue weighted by Crippen LogP contribution is 2.29. The zero-order chi connectivity index (χ0) is 12.4. The van der Waals surface area contributed by atoms with Gasteiger partial charge in [-0.1, -0.05) is 36.4 Å². The van der Waals surface area contributed by atoms with Crippen LogP contribution in [0.3, 0.4) is 0 Å². The standard InChI is InChI=1S/C14H12N2S2/c15-18-12-8-4-7-11-14(12)16-13(17-11)9-10-5-2-1-3-6-10/h1-8H,9,15H2. The van der Waals surface area contributed by atoms with Crippen LogP contribution in [0.25, 0.3) is 10.2 Å². The van der Waals surface area contributed by atoms with Crippen LogP contribution in [0.5, 0.6) is 0 Å². The molecule has 0 spiro atoms. The van der Waals surface area contributed by atoms with Gasteiger partial charge >= 0.3 is 0 Å². The summed E-state index contributed by atoms with van der Waals surface area (Å²) < 4.78 is 1.20. The van der Waals surface area contributed by atoms with Gasteiger partial charge in [0.1, 0.15) is 0 Å². The van der Waals surface area contributed by atoms with Gasteiger partial charge in [-0.05, 0) is 29.6 Å². The summed E-state index contributed by atoms with van der Waals surface area (Å²) in [5.74, 6) is 0. The molecule has 18 heavy (non-hydrogen) atoms. The van der Waals surface area contributed by atoms with Crippen LogP contribution >= 0.6 is 23.3 Å². The molecular weight excluding hydrogens is 260 g/mol. The lowest BCUT2D eigenvalue weighted by molar-refractivity contribution is 1.15. The fourth-order valence-electron chi connectivity index (χ4n) is 1.91. The minimum atomic E-state index is 0.884. The van der Waals surface area contributed by atoms with Gasteiger partial charge in [-0.25, -0.2) is 4.98 Å². The molecule has 1 aromatic heterocycles. The van der Waals surface area contributed by atoms with E-state index in [-0.39, 0.29) is 0 Å². The number of hydrogen-bond acceptors (Lipinski definition) is 4. The van der Waals surface area contributed by atoms with Gasteiger partial charge in [0.15, 0.2) is 0 Å². The average molecular weight is 272 g/mol. The van der Waals surface area contributed by atoms with E-state index in [0.29, 0.717) is 0 Å². The van der Waals surface area contributed by atoms with E-state index in [9.17, 15) is 0 Å². The first-order chi connectivity index (χ1) is 8.86. The van der Waals surface area contributed by atoms with Crippen molar-refractivity contribution in [2.75, 3.05) is 0 Å². The fourth-order valence-corrected chi connectivity index (χ4v) is 3.43. The van der Waals surface area contributed by atoms with Crippen LogP contribution in [0.4, 0.5) is 0 Å². The first kappa shape index (κ1) is 11.7. The molecule has 1 heterocycles. The molecule has 0 aliphatic rings. The Labute approximate surface area is 114 Å². The van der Waals surface area contributed by atoms with Crippen molar-refractivity contribution in [1.82, 2.24) is 4.98 Å². The van der Waals surface area contributed by atoms with Crippen LogP contribution in [0.1, 0.15) is 10.6 Å². The van der Waals surface area contributed by atoms with Crippen LogP contribution in [-0.2, 0) is 6.42 Å². The number of thiazole rings is 1. The first-order valence-corrected chi connectivity index (χ1v) is 7.35. The number of benzene rings is 2. The lowest BCUT2D eigenvalue weighted by Gasteiger charge is -1.96. The van der Waals surface area contributed by atoms with E-state index in [1.165, 1.54) is 22.2 Å². The van der Waals surface area contributed by atoms with Gasteiger partial charge in [0.25, 0.3) is 0 Å². The molecule has 4 heteroatoms. The van der Waals surface area contributed by atoms with Gasteiger partial charge < -0.3 is 0 Å². The highest BCUT2D eigenvalue weighted by Gasteiger charge is 2.08. The zero-order valence-electron chi connectivity index (χ0n) is 9.67. The zero-order valence-corrected chi connectivity index (χ0v) is 11.3. The van der Waals surface area contributed by atoms with Crippen molar-refractivity contribution in [3.63, 3.8) is 0 Å². The third kappa shape index (κ3) is 2.27. The van der Waals surface area contributed by atoms with E-state index in [0.717, 1.165) is 21.8 Å². The van der Waals surface area contributed by atoms with Crippen LogP contribution < -0.4 is 5.14 Å². The van der Waals surface area contributed by atoms with Crippen LogP contribution in [0.2, 0.25) is 0 Å². The van der Waals surface area contributed by atoms with Crippen molar-refractivity contribution in [2.45, 2.75) is 11.3 Å². The second-order valence-corrected chi connectivity index (χ2v) is 5.78. The predicted octanol–water partition coefficient (Wildman–Crippen LogP) is 3.85. The van der Waals surface area contributed by atoms with Crippen LogP contribution in [-0.4, -0.2) is 4.98 Å². The second kappa shape index (κ2) is 5.10. The van der Waals surface area contributed by atoms with Crippen molar-refractivity contribution in [2.24, 2.45) is 5.14 Å². The summed E-state index contributed by atoms with van der Waals surface area (Å²) in [6.45, 7) is 0. The van der Waals surface area contributed by atoms with E-state index in [1.807, 2.05) is 18.2 Å². The molecule has 0 fully saturated rings. The third-order valence-corrected chi connectivity index (χ3v) is 4.36. The Morgan fingerprint density at radius 3 is 2.67 bits per heavy atom. The molecule has 0 saturated heterocycles. The van der Waals surface area contributed by atoms with Gasteiger partial charge in [-0.3, -0.25) is 5.14 Å². The second-order valence-electron chi connectivity index (χ2n) is 3.99. The van der Waals surface area contributed by atoms with Gasteiger partial charge in [0, 0.05) is 11.3 Å². The Morgan fingerprint density at radius 2 is 1.89 bits per heavy atom. The summed E-state index contributed by atoms with van der Waals surface area (Å²) >= 11 is 3.00. The highest BCUT2D eigenvalue weighted by atomic mass is 32.2. The van der Waals surface area contributed by atoms with Gasteiger partial charge in [0.05, 0.1) is 15.2 Å². The highest BCUT2D eigenvalue weighted by molar-refractivity contribution is 7.97. The Hall–Kier alpha value is -1.36. The maximum atomic E-state index is 5.66. The van der Waals surface area contributed by atoms with Crippen molar-refractivity contribution in [3.8, 4) is 0 Å². The number of nitrogens with two attached hydrogens (primary N) is 1. The van der Waals surface area contributed by atoms with Gasteiger partial charge in [-0.2, -0.15) is 0 Å². The van der Waals surface area contributed by atoms with E-state index in [1.54, 1.807) is 11.3 Å². The summed E-state index contributed by atoms with van der Waals surface area (Å²) in [5.41, 5.74) is 2.32. The van der Waals surface area contributed by atoms with E-state index < -0.39 is 0 Å². The molecule has 0 saturated carbocycles. The molecule has 0 aliphatic carbocycles. The van der Waals surface area contributed by atoms with Crippen LogP contribution in [0.15, 0.2) is 53.4 Å². The molecule has 3 aromatic rings. The minimum absolute atomic E-state index is 0.884. The molecule has 3 rings (SSSR count). The Balaban J connectivity index is 1.99. The molecular formula is C14H12N2S2. The number of fused-ring (bicyclic) bond motifs is 1. The quantitative estimate of drug-likeness (QED) is 0.736. The molecule has 0 aliphatic heterocycles. The maximum Gasteiger partial charge on any atom is 0.0982 e. The van der Waals surface area contributed by atoms with Gasteiger partial charge in [0.2, 0.25) is 0 Å². The molecule has 0 amide bonds. The van der Waals surface area contributed by atoms with E-state index in [4.69, 9.17) is 10.1 Å². The van der Waals surface area contributed by atoms with Gasteiger partial charge in [-0.15, -0.1) is 11.3 Å². The molecule has 0 bridgehead atoms. The third-order valence-electron chi connectivity index (χ3n) is 2.75. The Morgan fingerprint density at radius 1 is 1.06 bits per heavy atom. The number of para-hydroxylation sites is 1. The Kier molecular flexibility index (Phi) is 3.32. The maximum absolute atomic E-state index is 5.66. The summed E-state index contributed by atoms with van der Waals surface area (Å²) in [4.78, 5) is 5.74. The molecule has 0 unspecified atom stereocenters. The number of rotatable bonds is 3. The molecule has 2 nitrogen and oxygen atoms in total. The smallest absolute Gasteiger partial charge is 0.0982 e. The summed E-state index contributed by atoms with van der Waals surface area (Å²) in [6.07, 6.45) is 0.884. The number of aromatic nitrogens is 1. The fraction of sp³-hybridized carbons (Fsp3) is 0.0714. The molecule has 0 radical (unpaired) electrons. The largest absolute Gasteiger partial charge is 0.274 e. The average Bonchev–Trinajstić information content (AvgIpc) is 2.82. The monoisotopic (exact) mass is 272 g/mol. The predicted molar refractivity (Wildman–Crippen MR) is 78.9 cm³/mol. The van der Waals surface area contributed by atoms with E-state index >= 15 is 0 Å². The summed E-state index contributed by atoms with van der Waals surface area (Å²) in [7, 11) is 0. The molecule has 2 N–H and O–H groups in total. The normalized spacial score (nSPS) is 10.9. The summed E-state index contributed by atoms with van der Waals surface area (Å²) in [6, 6.07) is 16.6. The topological polar surface area (TPSA) is 38.9 Å². The van der Waals surface area contributed by atoms with Crippen molar-refractivity contribution in [3.05, 3.63) is 59.1 Å². The first-order valence-electron chi connectivity index (χ1n) is 5.66. The molecule has 2 aromatic carbocycles. The van der Waals surface area contributed by atoms with Crippen molar-refractivity contribution >= 4 is 33.5 Å². The lowest BCUT2D eigenvalue weighted by Crippen LogP contribution is -1.86. The SMILES string of the molecule is NSc1cccc2sc(Cc3ccccc3)nc12. The molecule has 90 valence electrons. The van der Waals surface area contributed by atoms with Crippen molar-refractivity contribution in [1.29, 1.82) is 0 Å². The van der Waals surface area contributed by atoms with Crippen molar-refractivity contribution < 1.29 is 0 Å². The Bertz CT molecular complexity index is 662. The minimum Gasteiger partial charge on any atom is -0.274 e.